The van der Waals surface area contributed by atoms with Crippen LogP contribution in [0.15, 0.2) is 46.8 Å². The third-order valence-electron chi connectivity index (χ3n) is 4.83. The number of rotatable bonds is 5. The number of pyridine rings is 1. The molecule has 31 heavy (non-hydrogen) atoms. The Morgan fingerprint density at radius 1 is 1.13 bits per heavy atom. The number of hydrogen-bond acceptors (Lipinski definition) is 6. The number of fused-ring (bicyclic) bond motifs is 1. The van der Waals surface area contributed by atoms with E-state index in [4.69, 9.17) is 0 Å². The Balaban J connectivity index is 0.00000272. The van der Waals surface area contributed by atoms with E-state index >= 15 is 0 Å². The number of hydrogen-bond donors (Lipinski definition) is 2. The normalized spacial score (nSPS) is 15.1. The van der Waals surface area contributed by atoms with E-state index in [1.807, 2.05) is 0 Å². The minimum Gasteiger partial charge on any atom is -0.354 e. The zero-order valence-electron chi connectivity index (χ0n) is 16.1. The van der Waals surface area contributed by atoms with Crippen molar-refractivity contribution in [2.75, 3.05) is 31.1 Å². The predicted molar refractivity (Wildman–Crippen MR) is 117 cm³/mol. The first-order valence-corrected chi connectivity index (χ1v) is 11.5. The van der Waals surface area contributed by atoms with Gasteiger partial charge in [-0.25, -0.2) is 18.1 Å². The summed E-state index contributed by atoms with van der Waals surface area (Å²) in [4.78, 5) is 6.57. The minimum atomic E-state index is -4.43. The van der Waals surface area contributed by atoms with Gasteiger partial charge in [0.1, 0.15) is 10.0 Å². The molecule has 1 saturated heterocycles. The molecule has 0 radical (unpaired) electrons. The molecule has 0 spiro atoms. The maximum atomic E-state index is 12.8. The average Bonchev–Trinajstić information content (AvgIpc) is 3.18. The van der Waals surface area contributed by atoms with Gasteiger partial charge in [0.25, 0.3) is 0 Å². The molecule has 1 aliphatic heterocycles. The molecule has 2 N–H and O–H groups in total. The number of anilines is 1. The van der Waals surface area contributed by atoms with E-state index < -0.39 is 21.8 Å². The molecule has 2 aromatic heterocycles. The van der Waals surface area contributed by atoms with Gasteiger partial charge in [-0.1, -0.05) is 12.1 Å². The first-order valence-electron chi connectivity index (χ1n) is 9.24. The lowest BCUT2D eigenvalue weighted by Gasteiger charge is -2.28. The second kappa shape index (κ2) is 9.29. The van der Waals surface area contributed by atoms with Crippen molar-refractivity contribution in [3.05, 3.63) is 53.7 Å². The van der Waals surface area contributed by atoms with Crippen molar-refractivity contribution in [1.29, 1.82) is 0 Å². The van der Waals surface area contributed by atoms with Crippen LogP contribution < -0.4 is 14.9 Å². The van der Waals surface area contributed by atoms with Gasteiger partial charge in [0, 0.05) is 49.0 Å². The maximum Gasteiger partial charge on any atom is 0.416 e. The van der Waals surface area contributed by atoms with Gasteiger partial charge in [0.05, 0.1) is 5.56 Å². The molecule has 6 nitrogen and oxygen atoms in total. The number of piperazine rings is 1. The van der Waals surface area contributed by atoms with Gasteiger partial charge >= 0.3 is 6.18 Å². The van der Waals surface area contributed by atoms with Gasteiger partial charge in [-0.3, -0.25) is 0 Å². The molecule has 168 valence electrons. The third kappa shape index (κ3) is 5.29. The van der Waals surface area contributed by atoms with Crippen LogP contribution in [0.25, 0.3) is 10.1 Å². The highest BCUT2D eigenvalue weighted by atomic mass is 35.5. The van der Waals surface area contributed by atoms with Crippen molar-refractivity contribution in [2.45, 2.75) is 16.9 Å². The Kier molecular flexibility index (Phi) is 7.11. The molecular weight excluding hydrogens is 473 g/mol. The Labute approximate surface area is 187 Å². The number of nitrogens with one attached hydrogen (secondary N) is 2. The van der Waals surface area contributed by atoms with E-state index in [1.54, 1.807) is 18.3 Å². The van der Waals surface area contributed by atoms with Crippen LogP contribution >= 0.6 is 23.7 Å². The fraction of sp³-hybridized carbons (Fsp3) is 0.316. The SMILES string of the molecule is Cl.O=S(=O)(NCc1ccc(C(F)(F)F)cc1)c1cc2c(N3CCNCC3)nccc2s1. The Morgan fingerprint density at radius 3 is 2.45 bits per heavy atom. The summed E-state index contributed by atoms with van der Waals surface area (Å²) in [7, 11) is -3.82. The van der Waals surface area contributed by atoms with Crippen molar-refractivity contribution < 1.29 is 21.6 Å². The summed E-state index contributed by atoms with van der Waals surface area (Å²) in [5.74, 6) is 0.759. The lowest BCUT2D eigenvalue weighted by atomic mass is 10.1. The number of thiophene rings is 1. The molecule has 12 heteroatoms. The van der Waals surface area contributed by atoms with Crippen LogP contribution in [-0.4, -0.2) is 39.6 Å². The second-order valence-corrected chi connectivity index (χ2v) is 9.95. The Hall–Kier alpha value is -1.92. The molecule has 1 fully saturated rings. The molecule has 0 unspecified atom stereocenters. The van der Waals surface area contributed by atoms with Gasteiger partial charge < -0.3 is 10.2 Å². The van der Waals surface area contributed by atoms with Crippen molar-refractivity contribution in [3.63, 3.8) is 0 Å². The number of nitrogens with zero attached hydrogens (tertiary/aromatic N) is 2. The Bertz CT molecular complexity index is 1150. The van der Waals surface area contributed by atoms with Crippen LogP contribution in [0, 0.1) is 0 Å². The number of benzene rings is 1. The summed E-state index contributed by atoms with van der Waals surface area (Å²) in [5, 5.41) is 4.05. The lowest BCUT2D eigenvalue weighted by Crippen LogP contribution is -2.43. The maximum absolute atomic E-state index is 12.8. The zero-order valence-corrected chi connectivity index (χ0v) is 18.6. The Morgan fingerprint density at radius 2 is 1.81 bits per heavy atom. The quantitative estimate of drug-likeness (QED) is 0.569. The van der Waals surface area contributed by atoms with Gasteiger partial charge in [-0.05, 0) is 29.8 Å². The number of halogens is 4. The summed E-state index contributed by atoms with van der Waals surface area (Å²) in [6.07, 6.45) is -2.76. The molecule has 1 aliphatic rings. The average molecular weight is 493 g/mol. The fourth-order valence-corrected chi connectivity index (χ4v) is 5.69. The molecule has 0 bridgehead atoms. The summed E-state index contributed by atoms with van der Waals surface area (Å²) >= 11 is 1.14. The molecule has 3 heterocycles. The van der Waals surface area contributed by atoms with E-state index in [9.17, 15) is 21.6 Å². The summed E-state index contributed by atoms with van der Waals surface area (Å²) in [6, 6.07) is 7.80. The molecule has 0 saturated carbocycles. The second-order valence-electron chi connectivity index (χ2n) is 6.87. The molecule has 0 amide bonds. The van der Waals surface area contributed by atoms with E-state index in [-0.39, 0.29) is 23.2 Å². The van der Waals surface area contributed by atoms with Gasteiger partial charge in [0.15, 0.2) is 0 Å². The van der Waals surface area contributed by atoms with Gasteiger partial charge in [-0.15, -0.1) is 23.7 Å². The summed E-state index contributed by atoms with van der Waals surface area (Å²) in [5.41, 5.74) is -0.331. The zero-order chi connectivity index (χ0) is 21.4. The van der Waals surface area contributed by atoms with Crippen molar-refractivity contribution in [1.82, 2.24) is 15.0 Å². The topological polar surface area (TPSA) is 74.3 Å². The van der Waals surface area contributed by atoms with Crippen LogP contribution in [0.2, 0.25) is 0 Å². The van der Waals surface area contributed by atoms with Crippen LogP contribution in [0.1, 0.15) is 11.1 Å². The number of aromatic nitrogens is 1. The number of sulfonamides is 1. The van der Waals surface area contributed by atoms with Crippen LogP contribution in [0.5, 0.6) is 0 Å². The first kappa shape index (κ1) is 23.7. The van der Waals surface area contributed by atoms with E-state index in [0.29, 0.717) is 5.56 Å². The van der Waals surface area contributed by atoms with E-state index in [2.05, 4.69) is 19.9 Å². The monoisotopic (exact) mass is 492 g/mol. The van der Waals surface area contributed by atoms with Crippen molar-refractivity contribution in [2.24, 2.45) is 0 Å². The molecule has 4 rings (SSSR count). The summed E-state index contributed by atoms with van der Waals surface area (Å²) in [6.45, 7) is 3.15. The predicted octanol–water partition coefficient (Wildman–Crippen LogP) is 3.63. The molecular formula is C19H20ClF3N4O2S2. The highest BCUT2D eigenvalue weighted by Crippen LogP contribution is 2.34. The van der Waals surface area contributed by atoms with Gasteiger partial charge in [-0.2, -0.15) is 13.2 Å². The van der Waals surface area contributed by atoms with Crippen molar-refractivity contribution >= 4 is 49.7 Å². The smallest absolute Gasteiger partial charge is 0.354 e. The van der Waals surface area contributed by atoms with Crippen LogP contribution in [0.4, 0.5) is 19.0 Å². The first-order chi connectivity index (χ1) is 14.2. The highest BCUT2D eigenvalue weighted by Gasteiger charge is 2.30. The summed E-state index contributed by atoms with van der Waals surface area (Å²) < 4.78 is 66.9. The van der Waals surface area contributed by atoms with E-state index in [0.717, 1.165) is 65.6 Å². The molecule has 0 atom stereocenters. The third-order valence-corrected chi connectivity index (χ3v) is 7.81. The van der Waals surface area contributed by atoms with Crippen LogP contribution in [0.3, 0.4) is 0 Å². The largest absolute Gasteiger partial charge is 0.416 e. The minimum absolute atomic E-state index is 0. The lowest BCUT2D eigenvalue weighted by molar-refractivity contribution is -0.137. The standard InChI is InChI=1S/C19H19F3N4O2S2.ClH/c20-19(21,22)14-3-1-13(2-4-14)12-25-30(27,28)17-11-15-16(29-17)5-6-24-18(15)26-9-7-23-8-10-26;/h1-6,11,23,25H,7-10,12H2;1H. The van der Waals surface area contributed by atoms with Gasteiger partial charge in [0.2, 0.25) is 10.0 Å². The highest BCUT2D eigenvalue weighted by molar-refractivity contribution is 7.91. The number of alkyl halides is 3. The fourth-order valence-electron chi connectivity index (χ4n) is 3.25. The molecule has 1 aromatic carbocycles. The molecule has 3 aromatic rings. The van der Waals surface area contributed by atoms with Crippen LogP contribution in [-0.2, 0) is 22.7 Å². The van der Waals surface area contributed by atoms with E-state index in [1.165, 1.54) is 12.1 Å². The van der Waals surface area contributed by atoms with Crippen molar-refractivity contribution in [3.8, 4) is 0 Å². The molecule has 0 aliphatic carbocycles.